The third kappa shape index (κ3) is 4.20. The van der Waals surface area contributed by atoms with E-state index in [0.717, 1.165) is 31.2 Å². The molecule has 0 saturated heterocycles. The molecule has 1 aromatic rings. The van der Waals surface area contributed by atoms with Gasteiger partial charge in [-0.15, -0.1) is 0 Å². The van der Waals surface area contributed by atoms with E-state index >= 15 is 0 Å². The van der Waals surface area contributed by atoms with Crippen LogP contribution in [0.5, 0.6) is 0 Å². The molecule has 2 rings (SSSR count). The van der Waals surface area contributed by atoms with Gasteiger partial charge >= 0.3 is 5.97 Å². The monoisotopic (exact) mass is 306 g/mol. The van der Waals surface area contributed by atoms with Crippen molar-refractivity contribution in [3.05, 3.63) is 34.3 Å². The van der Waals surface area contributed by atoms with E-state index in [1.165, 1.54) is 0 Å². The third-order valence-electron chi connectivity index (χ3n) is 4.13. The zero-order valence-electron chi connectivity index (χ0n) is 11.8. The van der Waals surface area contributed by atoms with Gasteiger partial charge in [-0.3, -0.25) is 4.79 Å². The molecule has 1 fully saturated rings. The molecule has 112 valence electrons. The zero-order chi connectivity index (χ0) is 15.2. The minimum absolute atomic E-state index is 0.188. The standard InChI is InChI=1S/C16H19ClN2O2/c17-15-7-11(8-18)5-6-13(15)10-19-9-12-3-1-2-4-14(12)16(20)21/h5-7,12,14,19H,1-4,9-10H2,(H,20,21). The van der Waals surface area contributed by atoms with E-state index < -0.39 is 5.97 Å². The Morgan fingerprint density at radius 3 is 2.86 bits per heavy atom. The molecule has 1 aromatic carbocycles. The Hall–Kier alpha value is -1.57. The van der Waals surface area contributed by atoms with Gasteiger partial charge in [0.1, 0.15) is 0 Å². The van der Waals surface area contributed by atoms with Crippen LogP contribution in [0, 0.1) is 23.2 Å². The van der Waals surface area contributed by atoms with Gasteiger partial charge in [0.25, 0.3) is 0 Å². The lowest BCUT2D eigenvalue weighted by atomic mass is 9.79. The number of carbonyl (C=O) groups is 1. The maximum Gasteiger partial charge on any atom is 0.306 e. The quantitative estimate of drug-likeness (QED) is 0.876. The fourth-order valence-electron chi connectivity index (χ4n) is 2.93. The van der Waals surface area contributed by atoms with Crippen LogP contribution in [0.4, 0.5) is 0 Å². The second-order valence-corrected chi connectivity index (χ2v) is 5.95. The van der Waals surface area contributed by atoms with Crippen molar-refractivity contribution in [2.24, 2.45) is 11.8 Å². The van der Waals surface area contributed by atoms with Gasteiger partial charge in [-0.05, 0) is 43.0 Å². The molecular formula is C16H19ClN2O2. The minimum atomic E-state index is -0.682. The van der Waals surface area contributed by atoms with Crippen molar-refractivity contribution >= 4 is 17.6 Å². The Morgan fingerprint density at radius 1 is 1.43 bits per heavy atom. The van der Waals surface area contributed by atoms with Gasteiger partial charge in [0.2, 0.25) is 0 Å². The normalized spacial score (nSPS) is 21.7. The molecule has 2 unspecified atom stereocenters. The molecule has 0 amide bonds. The molecular weight excluding hydrogens is 288 g/mol. The molecule has 1 aliphatic rings. The number of benzene rings is 1. The zero-order valence-corrected chi connectivity index (χ0v) is 12.6. The summed E-state index contributed by atoms with van der Waals surface area (Å²) < 4.78 is 0. The van der Waals surface area contributed by atoms with Crippen molar-refractivity contribution in [1.82, 2.24) is 5.32 Å². The maximum atomic E-state index is 11.2. The first kappa shape index (κ1) is 15.8. The van der Waals surface area contributed by atoms with E-state index in [2.05, 4.69) is 11.4 Å². The van der Waals surface area contributed by atoms with E-state index in [0.29, 0.717) is 23.7 Å². The molecule has 1 saturated carbocycles. The Labute approximate surface area is 129 Å². The maximum absolute atomic E-state index is 11.2. The molecule has 2 N–H and O–H groups in total. The topological polar surface area (TPSA) is 73.1 Å². The summed E-state index contributed by atoms with van der Waals surface area (Å²) in [5.41, 5.74) is 1.47. The molecule has 21 heavy (non-hydrogen) atoms. The van der Waals surface area contributed by atoms with Gasteiger partial charge in [-0.2, -0.15) is 5.26 Å². The molecule has 1 aliphatic carbocycles. The fraction of sp³-hybridized carbons (Fsp3) is 0.500. The highest BCUT2D eigenvalue weighted by molar-refractivity contribution is 6.31. The summed E-state index contributed by atoms with van der Waals surface area (Å²) in [4.78, 5) is 11.2. The third-order valence-corrected chi connectivity index (χ3v) is 4.48. The molecule has 0 bridgehead atoms. The van der Waals surface area contributed by atoms with Gasteiger partial charge in [0.15, 0.2) is 0 Å². The Kier molecular flexibility index (Phi) is 5.60. The SMILES string of the molecule is N#Cc1ccc(CNCC2CCCCC2C(=O)O)c(Cl)c1. The lowest BCUT2D eigenvalue weighted by Crippen LogP contribution is -2.34. The molecule has 0 aromatic heterocycles. The molecule has 2 atom stereocenters. The summed E-state index contributed by atoms with van der Waals surface area (Å²) >= 11 is 6.12. The number of nitrogens with zero attached hydrogens (tertiary/aromatic N) is 1. The van der Waals surface area contributed by atoms with Crippen LogP contribution in [0.15, 0.2) is 18.2 Å². The van der Waals surface area contributed by atoms with Gasteiger partial charge in [-0.1, -0.05) is 30.5 Å². The molecule has 5 heteroatoms. The van der Waals surface area contributed by atoms with Crippen molar-refractivity contribution in [3.8, 4) is 6.07 Å². The second kappa shape index (κ2) is 7.44. The largest absolute Gasteiger partial charge is 0.481 e. The fourth-order valence-corrected chi connectivity index (χ4v) is 3.18. The van der Waals surface area contributed by atoms with Crippen molar-refractivity contribution < 1.29 is 9.90 Å². The molecule has 4 nitrogen and oxygen atoms in total. The Balaban J connectivity index is 1.89. The predicted molar refractivity (Wildman–Crippen MR) is 81.0 cm³/mol. The van der Waals surface area contributed by atoms with Crippen LogP contribution in [-0.2, 0) is 11.3 Å². The summed E-state index contributed by atoms with van der Waals surface area (Å²) in [5, 5.41) is 21.9. The van der Waals surface area contributed by atoms with E-state index in [-0.39, 0.29) is 11.8 Å². The summed E-state index contributed by atoms with van der Waals surface area (Å²) in [6, 6.07) is 7.28. The van der Waals surface area contributed by atoms with Crippen molar-refractivity contribution in [3.63, 3.8) is 0 Å². The predicted octanol–water partition coefficient (Wildman–Crippen LogP) is 3.19. The Bertz CT molecular complexity index is 554. The van der Waals surface area contributed by atoms with Crippen LogP contribution in [0.1, 0.15) is 36.8 Å². The molecule has 0 spiro atoms. The van der Waals surface area contributed by atoms with Crippen LogP contribution in [-0.4, -0.2) is 17.6 Å². The summed E-state index contributed by atoms with van der Waals surface area (Å²) in [6.45, 7) is 1.28. The number of nitriles is 1. The van der Waals surface area contributed by atoms with Crippen molar-refractivity contribution in [2.75, 3.05) is 6.54 Å². The summed E-state index contributed by atoms with van der Waals surface area (Å²) in [5.74, 6) is -0.728. The lowest BCUT2D eigenvalue weighted by Gasteiger charge is -2.28. The second-order valence-electron chi connectivity index (χ2n) is 5.54. The van der Waals surface area contributed by atoms with Gasteiger partial charge < -0.3 is 10.4 Å². The van der Waals surface area contributed by atoms with E-state index in [1.54, 1.807) is 12.1 Å². The molecule has 0 radical (unpaired) electrons. The van der Waals surface area contributed by atoms with E-state index in [1.807, 2.05) is 6.07 Å². The smallest absolute Gasteiger partial charge is 0.306 e. The highest BCUT2D eigenvalue weighted by Crippen LogP contribution is 2.30. The number of carboxylic acids is 1. The molecule has 0 heterocycles. The summed E-state index contributed by atoms with van der Waals surface area (Å²) in [6.07, 6.45) is 3.85. The highest BCUT2D eigenvalue weighted by atomic mass is 35.5. The van der Waals surface area contributed by atoms with Crippen LogP contribution in [0.2, 0.25) is 5.02 Å². The lowest BCUT2D eigenvalue weighted by molar-refractivity contribution is -0.144. The average molecular weight is 307 g/mol. The number of halogens is 1. The minimum Gasteiger partial charge on any atom is -0.481 e. The number of carboxylic acid groups (broad SMARTS) is 1. The number of aliphatic carboxylic acids is 1. The van der Waals surface area contributed by atoms with Gasteiger partial charge in [0, 0.05) is 11.6 Å². The average Bonchev–Trinajstić information content (AvgIpc) is 2.49. The number of hydrogen-bond acceptors (Lipinski definition) is 3. The van der Waals surface area contributed by atoms with E-state index in [9.17, 15) is 9.90 Å². The number of hydrogen-bond donors (Lipinski definition) is 2. The first-order chi connectivity index (χ1) is 10.1. The van der Waals surface area contributed by atoms with Crippen LogP contribution in [0.25, 0.3) is 0 Å². The van der Waals surface area contributed by atoms with Gasteiger partial charge in [-0.25, -0.2) is 0 Å². The Morgan fingerprint density at radius 2 is 2.19 bits per heavy atom. The van der Waals surface area contributed by atoms with Crippen molar-refractivity contribution in [2.45, 2.75) is 32.2 Å². The van der Waals surface area contributed by atoms with Crippen LogP contribution in [0.3, 0.4) is 0 Å². The number of nitrogens with one attached hydrogen (secondary N) is 1. The first-order valence-electron chi connectivity index (χ1n) is 7.24. The van der Waals surface area contributed by atoms with Gasteiger partial charge in [0.05, 0.1) is 17.6 Å². The number of rotatable bonds is 5. The van der Waals surface area contributed by atoms with E-state index in [4.69, 9.17) is 16.9 Å². The molecule has 0 aliphatic heterocycles. The van der Waals surface area contributed by atoms with Crippen molar-refractivity contribution in [1.29, 1.82) is 5.26 Å². The highest BCUT2D eigenvalue weighted by Gasteiger charge is 2.30. The van der Waals surface area contributed by atoms with Crippen LogP contribution < -0.4 is 5.32 Å². The summed E-state index contributed by atoms with van der Waals surface area (Å²) in [7, 11) is 0. The first-order valence-corrected chi connectivity index (χ1v) is 7.61. The van der Waals surface area contributed by atoms with Crippen LogP contribution >= 0.6 is 11.6 Å².